The van der Waals surface area contributed by atoms with Crippen molar-refractivity contribution in [2.24, 2.45) is 0 Å². The molecule has 1 fully saturated rings. The van der Waals surface area contributed by atoms with Gasteiger partial charge < -0.3 is 10.1 Å². The van der Waals surface area contributed by atoms with Gasteiger partial charge in [0.15, 0.2) is 0 Å². The van der Waals surface area contributed by atoms with E-state index in [0.717, 1.165) is 31.8 Å². The summed E-state index contributed by atoms with van der Waals surface area (Å²) in [5.74, 6) is -2.79. The number of hydrogen-bond acceptors (Lipinski definition) is 5. The first-order valence-electron chi connectivity index (χ1n) is 10.9. The van der Waals surface area contributed by atoms with Gasteiger partial charge in [0.05, 0.1) is 30.4 Å². The van der Waals surface area contributed by atoms with Crippen molar-refractivity contribution in [2.75, 3.05) is 39.4 Å². The fourth-order valence-corrected chi connectivity index (χ4v) is 4.12. The van der Waals surface area contributed by atoms with Crippen molar-refractivity contribution < 1.29 is 27.9 Å². The van der Waals surface area contributed by atoms with Crippen LogP contribution in [0.3, 0.4) is 0 Å². The summed E-state index contributed by atoms with van der Waals surface area (Å²) in [4.78, 5) is 41.7. The van der Waals surface area contributed by atoms with Gasteiger partial charge in [0.25, 0.3) is 17.7 Å². The van der Waals surface area contributed by atoms with E-state index in [4.69, 9.17) is 4.74 Å². The summed E-state index contributed by atoms with van der Waals surface area (Å²) in [5.41, 5.74) is 0.767. The molecule has 174 valence electrons. The first-order chi connectivity index (χ1) is 15.8. The normalized spacial score (nSPS) is 17.2. The van der Waals surface area contributed by atoms with E-state index in [9.17, 15) is 23.2 Å². The number of nitrogens with zero attached hydrogens (tertiary/aromatic N) is 2. The third-order valence-electron chi connectivity index (χ3n) is 5.97. The van der Waals surface area contributed by atoms with Crippen molar-refractivity contribution in [1.29, 1.82) is 0 Å². The number of ether oxygens (including phenoxy) is 1. The number of hydrogen-bond donors (Lipinski definition) is 1. The highest BCUT2D eigenvalue weighted by Crippen LogP contribution is 2.25. The van der Waals surface area contributed by atoms with Crippen LogP contribution in [0.1, 0.15) is 56.0 Å². The lowest BCUT2D eigenvalue weighted by Gasteiger charge is -2.27. The van der Waals surface area contributed by atoms with Gasteiger partial charge in [-0.25, -0.2) is 8.78 Å². The topological polar surface area (TPSA) is 79.0 Å². The summed E-state index contributed by atoms with van der Waals surface area (Å²) in [6.45, 7) is 5.68. The number of amides is 3. The number of carbonyl (C=O) groups excluding carboxylic acids is 3. The highest BCUT2D eigenvalue weighted by atomic mass is 19.1. The maximum atomic E-state index is 14.0. The number of benzene rings is 2. The van der Waals surface area contributed by atoms with Gasteiger partial charge in [0.1, 0.15) is 11.6 Å². The summed E-state index contributed by atoms with van der Waals surface area (Å²) in [6.07, 6.45) is 0.652. The van der Waals surface area contributed by atoms with E-state index in [1.54, 1.807) is 6.92 Å². The minimum absolute atomic E-state index is 0.142. The number of carbonyl (C=O) groups is 3. The molecule has 2 aliphatic heterocycles. The van der Waals surface area contributed by atoms with Gasteiger partial charge >= 0.3 is 0 Å². The van der Waals surface area contributed by atoms with Gasteiger partial charge in [-0.15, -0.1) is 0 Å². The molecule has 0 saturated carbocycles. The van der Waals surface area contributed by atoms with Gasteiger partial charge in [0.2, 0.25) is 0 Å². The lowest BCUT2D eigenvalue weighted by Crippen LogP contribution is -2.39. The van der Waals surface area contributed by atoms with Crippen LogP contribution in [0.5, 0.6) is 0 Å². The van der Waals surface area contributed by atoms with Crippen LogP contribution in [0.2, 0.25) is 0 Å². The molecular formula is C24H25F2N3O4. The second-order valence-corrected chi connectivity index (χ2v) is 8.19. The maximum absolute atomic E-state index is 14.0. The smallest absolute Gasteiger partial charge is 0.261 e. The Bertz CT molecular complexity index is 1090. The molecule has 0 aromatic heterocycles. The van der Waals surface area contributed by atoms with E-state index >= 15 is 0 Å². The van der Waals surface area contributed by atoms with Crippen molar-refractivity contribution >= 4 is 17.7 Å². The van der Waals surface area contributed by atoms with Gasteiger partial charge in [-0.2, -0.15) is 0 Å². The van der Waals surface area contributed by atoms with E-state index in [-0.39, 0.29) is 28.2 Å². The lowest BCUT2D eigenvalue weighted by molar-refractivity contribution is 0.0355. The molecule has 1 saturated heterocycles. The van der Waals surface area contributed by atoms with E-state index in [1.165, 1.54) is 29.2 Å². The van der Waals surface area contributed by atoms with E-state index in [1.807, 2.05) is 0 Å². The Hall–Kier alpha value is -3.17. The number of fused-ring (bicyclic) bond motifs is 1. The van der Waals surface area contributed by atoms with Gasteiger partial charge in [-0.05, 0) is 37.6 Å². The maximum Gasteiger partial charge on any atom is 0.261 e. The summed E-state index contributed by atoms with van der Waals surface area (Å²) in [7, 11) is 0. The zero-order valence-corrected chi connectivity index (χ0v) is 18.3. The van der Waals surface area contributed by atoms with Crippen LogP contribution in [0, 0.1) is 11.6 Å². The zero-order chi connectivity index (χ0) is 23.5. The molecule has 2 aromatic rings. The highest BCUT2D eigenvalue weighted by Gasteiger charge is 2.35. The number of imide groups is 1. The molecule has 9 heteroatoms. The molecule has 2 heterocycles. The molecule has 0 bridgehead atoms. The summed E-state index contributed by atoms with van der Waals surface area (Å²) >= 11 is 0. The monoisotopic (exact) mass is 457 g/mol. The number of nitrogens with one attached hydrogen (secondary N) is 1. The molecule has 0 unspecified atom stereocenters. The average Bonchev–Trinajstić information content (AvgIpc) is 3.04. The van der Waals surface area contributed by atoms with Gasteiger partial charge in [-0.1, -0.05) is 6.07 Å². The molecule has 7 nitrogen and oxygen atoms in total. The molecular weight excluding hydrogens is 432 g/mol. The molecule has 3 amide bonds. The Morgan fingerprint density at radius 2 is 1.76 bits per heavy atom. The minimum atomic E-state index is -0.759. The standard InChI is InChI=1S/C24H25F2N3O4/c1-15(18-6-4-17(25)14-21(18)26)27-22(30)16-3-5-19-20(13-16)24(32)29(23(19)31)8-2-7-28-9-11-33-12-10-28/h3-6,13-15H,2,7-12H2,1H3,(H,27,30)/t15-/m1/s1. The summed E-state index contributed by atoms with van der Waals surface area (Å²) in [5, 5.41) is 2.64. The molecule has 33 heavy (non-hydrogen) atoms. The highest BCUT2D eigenvalue weighted by molar-refractivity contribution is 6.22. The number of rotatable bonds is 7. The third kappa shape index (κ3) is 4.94. The van der Waals surface area contributed by atoms with E-state index in [0.29, 0.717) is 26.2 Å². The fraction of sp³-hybridized carbons (Fsp3) is 0.375. The SMILES string of the molecule is C[C@@H](NC(=O)c1ccc2c(c1)C(=O)N(CCCN1CCOCC1)C2=O)c1ccc(F)cc1F. The van der Waals surface area contributed by atoms with Crippen LogP contribution >= 0.6 is 0 Å². The molecule has 1 N–H and O–H groups in total. The van der Waals surface area contributed by atoms with Crippen LogP contribution in [0.25, 0.3) is 0 Å². The molecule has 4 rings (SSSR count). The Labute approximate surface area is 190 Å². The second-order valence-electron chi connectivity index (χ2n) is 8.19. The Balaban J connectivity index is 1.40. The molecule has 0 spiro atoms. The third-order valence-corrected chi connectivity index (χ3v) is 5.97. The Kier molecular flexibility index (Phi) is 6.80. The van der Waals surface area contributed by atoms with Crippen LogP contribution in [0.15, 0.2) is 36.4 Å². The largest absolute Gasteiger partial charge is 0.379 e. The molecule has 2 aliphatic rings. The predicted octanol–water partition coefficient (Wildman–Crippen LogP) is 2.77. The number of halogens is 2. The van der Waals surface area contributed by atoms with Crippen molar-refractivity contribution in [3.8, 4) is 0 Å². The van der Waals surface area contributed by atoms with Crippen LogP contribution in [0.4, 0.5) is 8.78 Å². The minimum Gasteiger partial charge on any atom is -0.379 e. The fourth-order valence-electron chi connectivity index (χ4n) is 4.12. The van der Waals surface area contributed by atoms with E-state index in [2.05, 4.69) is 10.2 Å². The Morgan fingerprint density at radius 3 is 2.48 bits per heavy atom. The van der Waals surface area contributed by atoms with Crippen molar-refractivity contribution in [1.82, 2.24) is 15.1 Å². The van der Waals surface area contributed by atoms with Gasteiger partial charge in [-0.3, -0.25) is 24.2 Å². The van der Waals surface area contributed by atoms with Crippen LogP contribution in [-0.4, -0.2) is 66.9 Å². The molecule has 0 aliphatic carbocycles. The van der Waals surface area contributed by atoms with Crippen molar-refractivity contribution in [2.45, 2.75) is 19.4 Å². The zero-order valence-electron chi connectivity index (χ0n) is 18.3. The Morgan fingerprint density at radius 1 is 1.03 bits per heavy atom. The summed E-state index contributed by atoms with van der Waals surface area (Å²) in [6, 6.07) is 6.75. The summed E-state index contributed by atoms with van der Waals surface area (Å²) < 4.78 is 32.5. The van der Waals surface area contributed by atoms with Gasteiger partial charge in [0, 0.05) is 43.4 Å². The first kappa shape index (κ1) is 23.0. The predicted molar refractivity (Wildman–Crippen MR) is 116 cm³/mol. The van der Waals surface area contributed by atoms with Crippen LogP contribution in [-0.2, 0) is 4.74 Å². The number of morpholine rings is 1. The first-order valence-corrected chi connectivity index (χ1v) is 10.9. The average molecular weight is 457 g/mol. The van der Waals surface area contributed by atoms with Crippen molar-refractivity contribution in [3.05, 3.63) is 70.3 Å². The molecule has 1 atom stereocenters. The molecule has 0 radical (unpaired) electrons. The van der Waals surface area contributed by atoms with Crippen molar-refractivity contribution in [3.63, 3.8) is 0 Å². The second kappa shape index (κ2) is 9.76. The van der Waals surface area contributed by atoms with Crippen LogP contribution < -0.4 is 5.32 Å². The molecule has 2 aromatic carbocycles. The lowest BCUT2D eigenvalue weighted by atomic mass is 10.0. The van der Waals surface area contributed by atoms with E-state index < -0.39 is 29.5 Å². The quantitative estimate of drug-likeness (QED) is 0.647.